The van der Waals surface area contributed by atoms with Crippen molar-refractivity contribution in [2.45, 2.75) is 69.1 Å². The molecule has 2 aromatic carbocycles. The van der Waals surface area contributed by atoms with Gasteiger partial charge in [0.1, 0.15) is 30.8 Å². The van der Waals surface area contributed by atoms with Crippen LogP contribution in [0.2, 0.25) is 10.0 Å². The Kier molecular flexibility index (Phi) is 9.32. The van der Waals surface area contributed by atoms with Gasteiger partial charge in [-0.2, -0.15) is 0 Å². The minimum Gasteiger partial charge on any atom is -0.481 e. The fraction of sp³-hybridized carbons (Fsp3) is 0.500. The van der Waals surface area contributed by atoms with Crippen LogP contribution in [0.25, 0.3) is 11.0 Å². The molecule has 3 saturated heterocycles. The number of hydrogen-bond acceptors (Lipinski definition) is 9. The van der Waals surface area contributed by atoms with E-state index in [-0.39, 0.29) is 47.4 Å². The van der Waals surface area contributed by atoms with Gasteiger partial charge in [0.15, 0.2) is 5.78 Å². The molecule has 1 amide bonds. The van der Waals surface area contributed by atoms with E-state index in [9.17, 15) is 19.5 Å². The molecule has 3 aromatic rings. The first-order valence-electron chi connectivity index (χ1n) is 16.2. The van der Waals surface area contributed by atoms with E-state index in [2.05, 4.69) is 10.2 Å². The average molecular weight is 687 g/mol. The molecule has 11 nitrogen and oxygen atoms in total. The molecule has 3 aliphatic heterocycles. The third kappa shape index (κ3) is 6.30. The first kappa shape index (κ1) is 32.5. The number of amides is 1. The van der Waals surface area contributed by atoms with Gasteiger partial charge in [0.25, 0.3) is 5.91 Å². The largest absolute Gasteiger partial charge is 0.481 e. The molecule has 1 unspecified atom stereocenters. The number of anilines is 1. The number of aliphatic carboxylic acids is 1. The molecule has 4 heterocycles. The van der Waals surface area contributed by atoms with E-state index in [1.165, 1.54) is 6.26 Å². The van der Waals surface area contributed by atoms with Gasteiger partial charge in [-0.15, -0.1) is 0 Å². The molecule has 3 atom stereocenters. The summed E-state index contributed by atoms with van der Waals surface area (Å²) in [5.41, 5.74) is 1.76. The van der Waals surface area contributed by atoms with Gasteiger partial charge < -0.3 is 29.1 Å². The fourth-order valence-corrected chi connectivity index (χ4v) is 7.89. The molecule has 1 aromatic heterocycles. The smallest absolute Gasteiger partial charge is 0.306 e. The molecular formula is C34H37Cl2N3O8. The van der Waals surface area contributed by atoms with E-state index in [1.807, 2.05) is 17.0 Å². The predicted octanol–water partition coefficient (Wildman–Crippen LogP) is 5.57. The first-order valence-corrected chi connectivity index (χ1v) is 16.9. The standard InChI is InChI=1S/C34H37Cl2N3O8/c35-25-15-27(37-32(41)24-18-44-28-6-2-1-5-23(24)28)26(36)13-21(25)14-31(40)34(38-11-3-4-12-38,39-16-29-30(17-39)46-19-45-29)47-22-9-7-20(8-10-22)33(42)43/h1-2,5-6,13,15,18,20,22,29-30H,3-4,7-12,14,16-17,19H2,(H,37,41)(H,42,43)/t20-,22-,29-,30+,34?. The Morgan fingerprint density at radius 1 is 0.957 bits per heavy atom. The highest BCUT2D eigenvalue weighted by molar-refractivity contribution is 6.36. The maximum absolute atomic E-state index is 14.8. The molecule has 7 rings (SSSR count). The molecule has 4 fully saturated rings. The minimum absolute atomic E-state index is 0.0757. The number of nitrogens with one attached hydrogen (secondary N) is 1. The highest BCUT2D eigenvalue weighted by atomic mass is 35.5. The fourth-order valence-electron chi connectivity index (χ4n) is 7.42. The number of para-hydroxylation sites is 1. The van der Waals surface area contributed by atoms with Gasteiger partial charge >= 0.3 is 5.97 Å². The normalized spacial score (nSPS) is 26.3. The molecule has 47 heavy (non-hydrogen) atoms. The summed E-state index contributed by atoms with van der Waals surface area (Å²) in [4.78, 5) is 43.8. The van der Waals surface area contributed by atoms with Crippen LogP contribution in [0.5, 0.6) is 0 Å². The van der Waals surface area contributed by atoms with E-state index in [0.29, 0.717) is 79.6 Å². The number of carbonyl (C=O) groups excluding carboxylic acids is 2. The summed E-state index contributed by atoms with van der Waals surface area (Å²) in [6.45, 7) is 2.48. The van der Waals surface area contributed by atoms with Crippen molar-refractivity contribution in [1.29, 1.82) is 0 Å². The quantitative estimate of drug-likeness (QED) is 0.279. The van der Waals surface area contributed by atoms with Crippen LogP contribution >= 0.6 is 23.2 Å². The van der Waals surface area contributed by atoms with E-state index < -0.39 is 23.6 Å². The Balaban J connectivity index is 1.16. The molecule has 13 heteroatoms. The van der Waals surface area contributed by atoms with Crippen LogP contribution < -0.4 is 5.32 Å². The van der Waals surface area contributed by atoms with E-state index in [4.69, 9.17) is 41.8 Å². The third-order valence-corrected chi connectivity index (χ3v) is 10.6. The second-order valence-corrected chi connectivity index (χ2v) is 13.6. The van der Waals surface area contributed by atoms with Gasteiger partial charge in [-0.25, -0.2) is 0 Å². The molecule has 1 aliphatic carbocycles. The maximum Gasteiger partial charge on any atom is 0.306 e. The van der Waals surface area contributed by atoms with Crippen LogP contribution in [0.4, 0.5) is 5.69 Å². The number of hydrogen-bond donors (Lipinski definition) is 2. The molecule has 2 N–H and O–H groups in total. The van der Waals surface area contributed by atoms with Gasteiger partial charge in [0.05, 0.1) is 28.3 Å². The second kappa shape index (κ2) is 13.5. The first-order chi connectivity index (χ1) is 22.7. The number of benzene rings is 2. The van der Waals surface area contributed by atoms with E-state index in [0.717, 1.165) is 12.8 Å². The molecule has 0 spiro atoms. The lowest BCUT2D eigenvalue weighted by Gasteiger charge is -2.48. The van der Waals surface area contributed by atoms with Gasteiger partial charge in [-0.1, -0.05) is 41.4 Å². The number of rotatable bonds is 10. The molecule has 250 valence electrons. The molecule has 1 saturated carbocycles. The zero-order valence-corrected chi connectivity index (χ0v) is 27.3. The number of nitrogens with zero attached hydrogens (tertiary/aromatic N) is 2. The Hall–Kier alpha value is -3.03. The van der Waals surface area contributed by atoms with E-state index in [1.54, 1.807) is 24.3 Å². The maximum atomic E-state index is 14.8. The summed E-state index contributed by atoms with van der Waals surface area (Å²) in [6, 6.07) is 10.4. The van der Waals surface area contributed by atoms with Crippen LogP contribution in [0, 0.1) is 5.92 Å². The van der Waals surface area contributed by atoms with E-state index >= 15 is 0 Å². The zero-order chi connectivity index (χ0) is 32.7. The third-order valence-electron chi connectivity index (χ3n) is 9.92. The summed E-state index contributed by atoms with van der Waals surface area (Å²) in [7, 11) is 0. The number of likely N-dealkylation sites (tertiary alicyclic amines) is 2. The predicted molar refractivity (Wildman–Crippen MR) is 174 cm³/mol. The topological polar surface area (TPSA) is 131 Å². The van der Waals surface area contributed by atoms with Crippen molar-refractivity contribution in [1.82, 2.24) is 9.80 Å². The number of ether oxygens (including phenoxy) is 3. The second-order valence-electron chi connectivity index (χ2n) is 12.8. The lowest BCUT2D eigenvalue weighted by Crippen LogP contribution is -2.68. The van der Waals surface area contributed by atoms with Crippen LogP contribution in [-0.2, 0) is 30.2 Å². The number of halogens is 2. The van der Waals surface area contributed by atoms with Crippen LogP contribution in [-0.4, -0.2) is 89.7 Å². The van der Waals surface area contributed by atoms with Crippen molar-refractivity contribution in [2.24, 2.45) is 5.92 Å². The Morgan fingerprint density at radius 2 is 1.66 bits per heavy atom. The highest BCUT2D eigenvalue weighted by Gasteiger charge is 2.57. The van der Waals surface area contributed by atoms with Crippen molar-refractivity contribution < 1.29 is 38.1 Å². The average Bonchev–Trinajstić information content (AvgIpc) is 3.87. The van der Waals surface area contributed by atoms with Gasteiger partial charge in [0.2, 0.25) is 5.85 Å². The zero-order valence-electron chi connectivity index (χ0n) is 25.8. The van der Waals surface area contributed by atoms with Crippen molar-refractivity contribution in [3.8, 4) is 0 Å². The molecule has 0 radical (unpaired) electrons. The Labute approximate surface area is 282 Å². The van der Waals surface area contributed by atoms with Crippen LogP contribution in [0.3, 0.4) is 0 Å². The monoisotopic (exact) mass is 685 g/mol. The van der Waals surface area contributed by atoms with Crippen molar-refractivity contribution in [3.05, 3.63) is 63.8 Å². The Morgan fingerprint density at radius 3 is 2.36 bits per heavy atom. The van der Waals surface area contributed by atoms with Gasteiger partial charge in [-0.3, -0.25) is 24.2 Å². The van der Waals surface area contributed by atoms with Crippen molar-refractivity contribution >= 4 is 57.5 Å². The van der Waals surface area contributed by atoms with Crippen LogP contribution in [0.15, 0.2) is 47.1 Å². The lowest BCUT2D eigenvalue weighted by molar-refractivity contribution is -0.255. The summed E-state index contributed by atoms with van der Waals surface area (Å²) >= 11 is 13.5. The SMILES string of the molecule is O=C(Nc1cc(Cl)c(CC(=O)C(O[C@H]2CC[C@H](C(=O)O)CC2)(N2CCCC2)N2C[C@@H]3OCO[C@@H]3C2)cc1Cl)c1coc2ccccc12. The molecule has 4 aliphatic rings. The van der Waals surface area contributed by atoms with Gasteiger partial charge in [-0.05, 0) is 62.3 Å². The number of Topliss-reactive ketones (excluding diaryl/α,β-unsaturated/α-hetero) is 1. The number of fused-ring (bicyclic) bond motifs is 2. The van der Waals surface area contributed by atoms with Gasteiger partial charge in [0, 0.05) is 43.0 Å². The molecule has 0 bridgehead atoms. The minimum atomic E-state index is -1.42. The molecular weight excluding hydrogens is 649 g/mol. The Bertz CT molecular complexity index is 1660. The highest BCUT2D eigenvalue weighted by Crippen LogP contribution is 2.40. The summed E-state index contributed by atoms with van der Waals surface area (Å²) in [6.07, 6.45) is 4.58. The number of carbonyl (C=O) groups is 3. The number of furan rings is 1. The van der Waals surface area contributed by atoms with Crippen molar-refractivity contribution in [2.75, 3.05) is 38.3 Å². The van der Waals surface area contributed by atoms with Crippen molar-refractivity contribution in [3.63, 3.8) is 0 Å². The lowest BCUT2D eigenvalue weighted by atomic mass is 9.87. The summed E-state index contributed by atoms with van der Waals surface area (Å²) in [5.74, 6) is -3.22. The number of ketones is 1. The summed E-state index contributed by atoms with van der Waals surface area (Å²) in [5, 5.41) is 13.6. The number of carboxylic acids is 1. The summed E-state index contributed by atoms with van der Waals surface area (Å²) < 4.78 is 24.1. The number of carboxylic acid groups (broad SMARTS) is 1. The van der Waals surface area contributed by atoms with Crippen LogP contribution in [0.1, 0.15) is 54.4 Å².